The fourth-order valence-electron chi connectivity index (χ4n) is 1.76. The first kappa shape index (κ1) is 19.8. The molecule has 0 aliphatic carbocycles. The molecule has 0 unspecified atom stereocenters. The quantitative estimate of drug-likeness (QED) is 0.680. The van der Waals surface area contributed by atoms with E-state index in [0.29, 0.717) is 18.2 Å². The van der Waals surface area contributed by atoms with Crippen LogP contribution < -0.4 is 16.0 Å². The van der Waals surface area contributed by atoms with E-state index in [1.165, 1.54) is 0 Å². The van der Waals surface area contributed by atoms with E-state index in [9.17, 15) is 9.59 Å². The Morgan fingerprint density at radius 2 is 1.75 bits per heavy atom. The van der Waals surface area contributed by atoms with Crippen LogP contribution in [0.25, 0.3) is 0 Å². The van der Waals surface area contributed by atoms with Crippen LogP contribution in [-0.2, 0) is 9.53 Å². The summed E-state index contributed by atoms with van der Waals surface area (Å²) in [5, 5.41) is 8.65. The standard InChI is InChI=1S/C18H29N3O3/c1-12(2)11-24-18(23)21-16-8-6-7-15(9-16)19-10-17(22)20-14(5)13(3)4/h6-9,12-14,19H,10-11H2,1-5H3,(H,20,22)(H,21,23)/t14-/m1/s1. The van der Waals surface area contributed by atoms with Crippen molar-refractivity contribution in [2.75, 3.05) is 23.8 Å². The van der Waals surface area contributed by atoms with E-state index in [2.05, 4.69) is 29.8 Å². The number of carbonyl (C=O) groups excluding carboxylic acids is 2. The van der Waals surface area contributed by atoms with Gasteiger partial charge in [0.25, 0.3) is 0 Å². The Morgan fingerprint density at radius 1 is 1.08 bits per heavy atom. The summed E-state index contributed by atoms with van der Waals surface area (Å²) < 4.78 is 5.08. The number of ether oxygens (including phenoxy) is 1. The molecule has 0 bridgehead atoms. The summed E-state index contributed by atoms with van der Waals surface area (Å²) in [5.74, 6) is 0.611. The second-order valence-electron chi connectivity index (χ2n) is 6.65. The van der Waals surface area contributed by atoms with Crippen molar-refractivity contribution in [1.29, 1.82) is 0 Å². The van der Waals surface area contributed by atoms with Crippen molar-refractivity contribution < 1.29 is 14.3 Å². The monoisotopic (exact) mass is 335 g/mol. The van der Waals surface area contributed by atoms with Gasteiger partial charge in [0.15, 0.2) is 0 Å². The van der Waals surface area contributed by atoms with Gasteiger partial charge in [0.05, 0.1) is 13.2 Å². The molecule has 1 atom stereocenters. The average molecular weight is 335 g/mol. The van der Waals surface area contributed by atoms with Gasteiger partial charge >= 0.3 is 6.09 Å². The lowest BCUT2D eigenvalue weighted by Gasteiger charge is -2.18. The van der Waals surface area contributed by atoms with Crippen molar-refractivity contribution in [2.45, 2.75) is 40.7 Å². The van der Waals surface area contributed by atoms with Crippen LogP contribution in [0.3, 0.4) is 0 Å². The third-order valence-electron chi connectivity index (χ3n) is 3.50. The second-order valence-corrected chi connectivity index (χ2v) is 6.65. The maximum Gasteiger partial charge on any atom is 0.411 e. The Labute approximate surface area is 144 Å². The molecular formula is C18H29N3O3. The van der Waals surface area contributed by atoms with Crippen LogP contribution in [0, 0.1) is 11.8 Å². The van der Waals surface area contributed by atoms with Crippen molar-refractivity contribution in [3.63, 3.8) is 0 Å². The minimum Gasteiger partial charge on any atom is -0.449 e. The number of nitrogens with one attached hydrogen (secondary N) is 3. The summed E-state index contributed by atoms with van der Waals surface area (Å²) in [6, 6.07) is 7.29. The first-order chi connectivity index (χ1) is 11.3. The zero-order chi connectivity index (χ0) is 18.1. The highest BCUT2D eigenvalue weighted by Crippen LogP contribution is 2.15. The molecule has 0 aliphatic heterocycles. The van der Waals surface area contributed by atoms with Crippen molar-refractivity contribution in [1.82, 2.24) is 5.32 Å². The topological polar surface area (TPSA) is 79.5 Å². The molecule has 3 N–H and O–H groups in total. The molecule has 0 aromatic heterocycles. The highest BCUT2D eigenvalue weighted by molar-refractivity contribution is 5.86. The van der Waals surface area contributed by atoms with E-state index in [1.807, 2.05) is 26.8 Å². The molecule has 0 aliphatic rings. The molecule has 134 valence electrons. The van der Waals surface area contributed by atoms with E-state index in [-0.39, 0.29) is 24.4 Å². The van der Waals surface area contributed by atoms with Crippen LogP contribution in [0.2, 0.25) is 0 Å². The maximum atomic E-state index is 11.9. The molecule has 6 heteroatoms. The molecule has 0 fully saturated rings. The third-order valence-corrected chi connectivity index (χ3v) is 3.50. The summed E-state index contributed by atoms with van der Waals surface area (Å²) in [6.07, 6.45) is -0.482. The van der Waals surface area contributed by atoms with Gasteiger partial charge in [-0.15, -0.1) is 0 Å². The number of hydrogen-bond acceptors (Lipinski definition) is 4. The molecule has 2 amide bonds. The summed E-state index contributed by atoms with van der Waals surface area (Å²) in [4.78, 5) is 23.5. The number of amides is 2. The minimum absolute atomic E-state index is 0.0640. The van der Waals surface area contributed by atoms with Gasteiger partial charge < -0.3 is 15.4 Å². The lowest BCUT2D eigenvalue weighted by molar-refractivity contribution is -0.120. The van der Waals surface area contributed by atoms with E-state index in [4.69, 9.17) is 4.74 Å². The van der Waals surface area contributed by atoms with Crippen molar-refractivity contribution in [3.8, 4) is 0 Å². The minimum atomic E-state index is -0.482. The molecule has 0 radical (unpaired) electrons. The SMILES string of the molecule is CC(C)COC(=O)Nc1cccc(NCC(=O)N[C@H](C)C(C)C)c1. The molecular weight excluding hydrogens is 306 g/mol. The van der Waals surface area contributed by atoms with Gasteiger partial charge in [-0.2, -0.15) is 0 Å². The molecule has 0 saturated carbocycles. The summed E-state index contributed by atoms with van der Waals surface area (Å²) in [7, 11) is 0. The number of carbonyl (C=O) groups is 2. The molecule has 1 aromatic rings. The van der Waals surface area contributed by atoms with Crippen LogP contribution in [-0.4, -0.2) is 31.2 Å². The first-order valence-electron chi connectivity index (χ1n) is 8.35. The average Bonchev–Trinajstić information content (AvgIpc) is 2.51. The molecule has 24 heavy (non-hydrogen) atoms. The smallest absolute Gasteiger partial charge is 0.411 e. The molecule has 0 spiro atoms. The van der Waals surface area contributed by atoms with Crippen LogP contribution in [0.4, 0.5) is 16.2 Å². The summed E-state index contributed by atoms with van der Waals surface area (Å²) in [5.41, 5.74) is 1.37. The molecule has 0 heterocycles. The van der Waals surface area contributed by atoms with E-state index in [1.54, 1.807) is 18.2 Å². The van der Waals surface area contributed by atoms with Gasteiger partial charge in [-0.25, -0.2) is 4.79 Å². The van der Waals surface area contributed by atoms with E-state index < -0.39 is 6.09 Å². The highest BCUT2D eigenvalue weighted by atomic mass is 16.5. The number of benzene rings is 1. The van der Waals surface area contributed by atoms with Gasteiger partial charge in [-0.3, -0.25) is 10.1 Å². The Morgan fingerprint density at radius 3 is 2.38 bits per heavy atom. The zero-order valence-electron chi connectivity index (χ0n) is 15.2. The molecule has 1 aromatic carbocycles. The fraction of sp³-hybridized carbons (Fsp3) is 0.556. The Kier molecular flexibility index (Phi) is 8.09. The van der Waals surface area contributed by atoms with Crippen LogP contribution in [0.15, 0.2) is 24.3 Å². The van der Waals surface area contributed by atoms with Crippen molar-refractivity contribution in [2.24, 2.45) is 11.8 Å². The van der Waals surface area contributed by atoms with Crippen LogP contribution in [0.1, 0.15) is 34.6 Å². The van der Waals surface area contributed by atoms with Gasteiger partial charge in [0.2, 0.25) is 5.91 Å². The largest absolute Gasteiger partial charge is 0.449 e. The predicted molar refractivity (Wildman–Crippen MR) is 97.2 cm³/mol. The van der Waals surface area contributed by atoms with E-state index in [0.717, 1.165) is 5.69 Å². The predicted octanol–water partition coefficient (Wildman–Crippen LogP) is 3.46. The van der Waals surface area contributed by atoms with Gasteiger partial charge in [0, 0.05) is 17.4 Å². The van der Waals surface area contributed by atoms with Crippen molar-refractivity contribution >= 4 is 23.4 Å². The van der Waals surface area contributed by atoms with Crippen LogP contribution in [0.5, 0.6) is 0 Å². The zero-order valence-corrected chi connectivity index (χ0v) is 15.2. The number of anilines is 2. The Bertz CT molecular complexity index is 544. The maximum absolute atomic E-state index is 11.9. The number of hydrogen-bond donors (Lipinski definition) is 3. The van der Waals surface area contributed by atoms with Crippen molar-refractivity contribution in [3.05, 3.63) is 24.3 Å². The fourth-order valence-corrected chi connectivity index (χ4v) is 1.76. The normalized spacial score (nSPS) is 12.0. The lowest BCUT2D eigenvalue weighted by atomic mass is 10.1. The number of rotatable bonds is 8. The van der Waals surface area contributed by atoms with Crippen LogP contribution >= 0.6 is 0 Å². The lowest BCUT2D eigenvalue weighted by Crippen LogP contribution is -2.39. The van der Waals surface area contributed by atoms with E-state index >= 15 is 0 Å². The summed E-state index contributed by atoms with van der Waals surface area (Å²) >= 11 is 0. The van der Waals surface area contributed by atoms with Gasteiger partial charge in [0.1, 0.15) is 0 Å². The Hall–Kier alpha value is -2.24. The molecule has 6 nitrogen and oxygen atoms in total. The van der Waals surface area contributed by atoms with Gasteiger partial charge in [-0.1, -0.05) is 33.8 Å². The van der Waals surface area contributed by atoms with Gasteiger partial charge in [-0.05, 0) is 37.0 Å². The first-order valence-corrected chi connectivity index (χ1v) is 8.35. The molecule has 0 saturated heterocycles. The highest BCUT2D eigenvalue weighted by Gasteiger charge is 2.10. The summed E-state index contributed by atoms with van der Waals surface area (Å²) in [6.45, 7) is 10.6. The third kappa shape index (κ3) is 7.85. The Balaban J connectivity index is 2.47. The second kappa shape index (κ2) is 9.80. The molecule has 1 rings (SSSR count).